The molecule has 0 saturated heterocycles. The lowest BCUT2D eigenvalue weighted by atomic mass is 10.1. The summed E-state index contributed by atoms with van der Waals surface area (Å²) in [5.74, 6) is 0.462. The molecule has 2 N–H and O–H groups in total. The zero-order valence-electron chi connectivity index (χ0n) is 12.0. The lowest BCUT2D eigenvalue weighted by molar-refractivity contribution is -0.121. The normalized spacial score (nSPS) is 14.2. The van der Waals surface area contributed by atoms with Crippen LogP contribution in [0.15, 0.2) is 24.3 Å². The molecule has 0 aromatic heterocycles. The number of benzene rings is 1. The molecule has 0 spiro atoms. The molecule has 1 aromatic carbocycles. The molecule has 1 aromatic rings. The van der Waals surface area contributed by atoms with Gasteiger partial charge in [-0.3, -0.25) is 4.79 Å². The fourth-order valence-corrected chi connectivity index (χ4v) is 1.81. The van der Waals surface area contributed by atoms with Crippen molar-refractivity contribution in [2.45, 2.75) is 39.8 Å². The van der Waals surface area contributed by atoms with Crippen LogP contribution in [0.25, 0.3) is 0 Å². The fraction of sp³-hybridized carbons (Fsp3) is 0.533. The number of hydrogen-bond acceptors (Lipinski definition) is 2. The number of carbonyl (C=O) groups excluding carboxylic acids is 1. The summed E-state index contributed by atoms with van der Waals surface area (Å²) in [4.78, 5) is 11.8. The molecule has 19 heavy (non-hydrogen) atoms. The van der Waals surface area contributed by atoms with Crippen molar-refractivity contribution in [2.24, 2.45) is 5.92 Å². The third kappa shape index (κ3) is 5.62. The van der Waals surface area contributed by atoms with Crippen LogP contribution in [0, 0.1) is 5.92 Å². The van der Waals surface area contributed by atoms with Gasteiger partial charge in [0.25, 0.3) is 0 Å². The van der Waals surface area contributed by atoms with Gasteiger partial charge in [-0.05, 0) is 37.5 Å². The van der Waals surface area contributed by atoms with Crippen molar-refractivity contribution in [1.29, 1.82) is 0 Å². The van der Waals surface area contributed by atoms with E-state index in [0.717, 1.165) is 5.56 Å². The van der Waals surface area contributed by atoms with Crippen LogP contribution in [0.2, 0.25) is 5.02 Å². The Balaban J connectivity index is 2.42. The second kappa shape index (κ2) is 7.51. The lowest BCUT2D eigenvalue weighted by Crippen LogP contribution is -2.41. The largest absolute Gasteiger partial charge is 0.352 e. The van der Waals surface area contributed by atoms with Gasteiger partial charge in [-0.1, -0.05) is 37.6 Å². The van der Waals surface area contributed by atoms with E-state index in [2.05, 4.69) is 24.5 Å². The highest BCUT2D eigenvalue weighted by Gasteiger charge is 2.12. The van der Waals surface area contributed by atoms with Gasteiger partial charge in [0.1, 0.15) is 0 Å². The minimum absolute atomic E-state index is 0.0232. The Bertz CT molecular complexity index is 420. The van der Waals surface area contributed by atoms with E-state index in [4.69, 9.17) is 11.6 Å². The van der Waals surface area contributed by atoms with E-state index < -0.39 is 0 Å². The van der Waals surface area contributed by atoms with Crippen molar-refractivity contribution in [3.8, 4) is 0 Å². The van der Waals surface area contributed by atoms with Crippen LogP contribution in [-0.2, 0) is 4.79 Å². The average Bonchev–Trinajstić information content (AvgIpc) is 2.35. The second-order valence-corrected chi connectivity index (χ2v) is 5.69. The van der Waals surface area contributed by atoms with E-state index in [0.29, 0.717) is 17.5 Å². The summed E-state index contributed by atoms with van der Waals surface area (Å²) in [6.07, 6.45) is 0. The van der Waals surface area contributed by atoms with Crippen molar-refractivity contribution in [3.63, 3.8) is 0 Å². The summed E-state index contributed by atoms with van der Waals surface area (Å²) in [6, 6.07) is 7.95. The van der Waals surface area contributed by atoms with Crippen molar-refractivity contribution in [3.05, 3.63) is 34.9 Å². The highest BCUT2D eigenvalue weighted by molar-refractivity contribution is 6.30. The Morgan fingerprint density at radius 3 is 2.53 bits per heavy atom. The van der Waals surface area contributed by atoms with Gasteiger partial charge in [-0.25, -0.2) is 0 Å². The Kier molecular flexibility index (Phi) is 6.32. The van der Waals surface area contributed by atoms with Gasteiger partial charge in [-0.2, -0.15) is 0 Å². The standard InChI is InChI=1S/C15H23ClN2O/c1-10(2)11(3)18-15(19)9-17-12(4)13-6-5-7-14(16)8-13/h5-8,10-12,17H,9H2,1-4H3,(H,18,19)/t11?,12-/m0/s1. The predicted octanol–water partition coefficient (Wildman–Crippen LogP) is 3.15. The molecule has 0 heterocycles. The first-order valence-corrected chi connectivity index (χ1v) is 7.06. The van der Waals surface area contributed by atoms with Crippen LogP contribution in [0.4, 0.5) is 0 Å². The first-order valence-electron chi connectivity index (χ1n) is 6.68. The third-order valence-electron chi connectivity index (χ3n) is 3.31. The highest BCUT2D eigenvalue weighted by Crippen LogP contribution is 2.16. The summed E-state index contributed by atoms with van der Waals surface area (Å²) < 4.78 is 0. The molecule has 3 nitrogen and oxygen atoms in total. The van der Waals surface area contributed by atoms with E-state index in [1.165, 1.54) is 0 Å². The number of carbonyl (C=O) groups is 1. The van der Waals surface area contributed by atoms with Crippen molar-refractivity contribution < 1.29 is 4.79 Å². The Hall–Kier alpha value is -1.06. The third-order valence-corrected chi connectivity index (χ3v) is 3.54. The maximum atomic E-state index is 11.8. The minimum Gasteiger partial charge on any atom is -0.352 e. The minimum atomic E-state index is 0.0232. The fourth-order valence-electron chi connectivity index (χ4n) is 1.61. The van der Waals surface area contributed by atoms with Gasteiger partial charge in [-0.15, -0.1) is 0 Å². The monoisotopic (exact) mass is 282 g/mol. The molecular weight excluding hydrogens is 260 g/mol. The van der Waals surface area contributed by atoms with Gasteiger partial charge < -0.3 is 10.6 Å². The first-order chi connectivity index (χ1) is 8.90. The molecule has 1 unspecified atom stereocenters. The van der Waals surface area contributed by atoms with E-state index in [-0.39, 0.29) is 18.0 Å². The molecular formula is C15H23ClN2O. The maximum Gasteiger partial charge on any atom is 0.234 e. The van der Waals surface area contributed by atoms with Gasteiger partial charge >= 0.3 is 0 Å². The number of nitrogens with one attached hydrogen (secondary N) is 2. The topological polar surface area (TPSA) is 41.1 Å². The predicted molar refractivity (Wildman–Crippen MR) is 80.3 cm³/mol. The van der Waals surface area contributed by atoms with E-state index in [9.17, 15) is 4.79 Å². The molecule has 0 aliphatic heterocycles. The van der Waals surface area contributed by atoms with Crippen LogP contribution in [0.3, 0.4) is 0 Å². The van der Waals surface area contributed by atoms with E-state index in [1.807, 2.05) is 38.1 Å². The highest BCUT2D eigenvalue weighted by atomic mass is 35.5. The molecule has 4 heteroatoms. The summed E-state index contributed by atoms with van der Waals surface area (Å²) in [6.45, 7) is 8.53. The van der Waals surface area contributed by atoms with Crippen LogP contribution >= 0.6 is 11.6 Å². The summed E-state index contributed by atoms with van der Waals surface area (Å²) in [5.41, 5.74) is 1.08. The maximum absolute atomic E-state index is 11.8. The molecule has 1 rings (SSSR count). The van der Waals surface area contributed by atoms with Crippen LogP contribution in [-0.4, -0.2) is 18.5 Å². The summed E-state index contributed by atoms with van der Waals surface area (Å²) >= 11 is 5.95. The molecule has 2 atom stereocenters. The van der Waals surface area contributed by atoms with Crippen LogP contribution in [0.1, 0.15) is 39.3 Å². The number of halogens is 1. The smallest absolute Gasteiger partial charge is 0.234 e. The molecule has 0 aliphatic carbocycles. The second-order valence-electron chi connectivity index (χ2n) is 5.26. The van der Waals surface area contributed by atoms with Crippen LogP contribution < -0.4 is 10.6 Å². The SMILES string of the molecule is CC(C)C(C)NC(=O)CN[C@@H](C)c1cccc(Cl)c1. The van der Waals surface area contributed by atoms with Gasteiger partial charge in [0.2, 0.25) is 5.91 Å². The van der Waals surface area contributed by atoms with E-state index >= 15 is 0 Å². The molecule has 0 fully saturated rings. The van der Waals surface area contributed by atoms with Crippen LogP contribution in [0.5, 0.6) is 0 Å². The molecule has 0 radical (unpaired) electrons. The lowest BCUT2D eigenvalue weighted by Gasteiger charge is -2.19. The molecule has 1 amide bonds. The Labute approximate surface area is 120 Å². The summed E-state index contributed by atoms with van der Waals surface area (Å²) in [5, 5.41) is 6.88. The van der Waals surface area contributed by atoms with Crippen molar-refractivity contribution in [1.82, 2.24) is 10.6 Å². The number of amides is 1. The first kappa shape index (κ1) is 16.0. The molecule has 0 saturated carbocycles. The van der Waals surface area contributed by atoms with Crippen molar-refractivity contribution in [2.75, 3.05) is 6.54 Å². The Morgan fingerprint density at radius 1 is 1.26 bits per heavy atom. The zero-order chi connectivity index (χ0) is 14.4. The molecule has 106 valence electrons. The van der Waals surface area contributed by atoms with Gasteiger partial charge in [0.15, 0.2) is 0 Å². The molecule has 0 bridgehead atoms. The zero-order valence-corrected chi connectivity index (χ0v) is 12.8. The average molecular weight is 283 g/mol. The Morgan fingerprint density at radius 2 is 1.95 bits per heavy atom. The summed E-state index contributed by atoms with van der Waals surface area (Å²) in [7, 11) is 0. The number of hydrogen-bond donors (Lipinski definition) is 2. The van der Waals surface area contributed by atoms with Gasteiger partial charge in [0.05, 0.1) is 6.54 Å². The quantitative estimate of drug-likeness (QED) is 0.841. The van der Waals surface area contributed by atoms with Crippen molar-refractivity contribution >= 4 is 17.5 Å². The molecule has 0 aliphatic rings. The number of rotatable bonds is 6. The van der Waals surface area contributed by atoms with Gasteiger partial charge in [0, 0.05) is 17.1 Å². The van der Waals surface area contributed by atoms with E-state index in [1.54, 1.807) is 0 Å².